The van der Waals surface area contributed by atoms with Crippen molar-refractivity contribution in [3.05, 3.63) is 48.2 Å². The summed E-state index contributed by atoms with van der Waals surface area (Å²) in [6, 6.07) is 8.65. The number of hydrogen-bond acceptors (Lipinski definition) is 3. The van der Waals surface area contributed by atoms with Crippen LogP contribution in [-0.2, 0) is 0 Å². The van der Waals surface area contributed by atoms with Crippen molar-refractivity contribution in [2.45, 2.75) is 34.1 Å². The Balaban J connectivity index is 2.56. The third-order valence-electron chi connectivity index (χ3n) is 2.34. The van der Waals surface area contributed by atoms with Crippen molar-refractivity contribution >= 4 is 35.3 Å². The molecule has 0 aliphatic rings. The van der Waals surface area contributed by atoms with Crippen molar-refractivity contribution in [2.75, 3.05) is 0 Å². The minimum Gasteiger partial charge on any atom is -0.130 e. The van der Waals surface area contributed by atoms with E-state index in [4.69, 9.17) is 0 Å². The van der Waals surface area contributed by atoms with E-state index in [1.54, 1.807) is 23.5 Å². The Kier molecular flexibility index (Phi) is 6.93. The van der Waals surface area contributed by atoms with E-state index >= 15 is 0 Å². The summed E-state index contributed by atoms with van der Waals surface area (Å²) in [5, 5.41) is 4.94. The maximum Gasteiger partial charge on any atom is 0.0186 e. The van der Waals surface area contributed by atoms with Gasteiger partial charge in [-0.15, -0.1) is 23.5 Å². The van der Waals surface area contributed by atoms with Crippen LogP contribution in [-0.4, -0.2) is 10.5 Å². The van der Waals surface area contributed by atoms with E-state index in [0.717, 1.165) is 0 Å². The van der Waals surface area contributed by atoms with Crippen LogP contribution in [0.1, 0.15) is 13.8 Å². The zero-order valence-electron chi connectivity index (χ0n) is 10.3. The lowest BCUT2D eigenvalue weighted by molar-refractivity contribution is 0.929. The molecule has 17 heavy (non-hydrogen) atoms. The molecule has 0 aromatic heterocycles. The van der Waals surface area contributed by atoms with Gasteiger partial charge in [0, 0.05) is 20.3 Å². The number of benzene rings is 1. The molecular formula is C14H18S3. The molecule has 0 fully saturated rings. The van der Waals surface area contributed by atoms with Crippen molar-refractivity contribution in [1.82, 2.24) is 0 Å². The van der Waals surface area contributed by atoms with Gasteiger partial charge in [-0.05, 0) is 35.1 Å². The summed E-state index contributed by atoms with van der Waals surface area (Å²) >= 11 is 5.36. The van der Waals surface area contributed by atoms with E-state index in [2.05, 4.69) is 51.3 Å². The van der Waals surface area contributed by atoms with E-state index in [0.29, 0.717) is 10.5 Å². The van der Waals surface area contributed by atoms with Gasteiger partial charge in [-0.3, -0.25) is 0 Å². The van der Waals surface area contributed by atoms with Crippen LogP contribution in [0.15, 0.2) is 58.0 Å². The topological polar surface area (TPSA) is 0 Å². The molecular weight excluding hydrogens is 264 g/mol. The Morgan fingerprint density at radius 3 is 2.06 bits per heavy atom. The molecule has 1 rings (SSSR count). The molecule has 0 saturated heterocycles. The third-order valence-corrected chi connectivity index (χ3v) is 5.57. The average molecular weight is 282 g/mol. The summed E-state index contributed by atoms with van der Waals surface area (Å²) in [6.07, 6.45) is 0. The highest BCUT2D eigenvalue weighted by Crippen LogP contribution is 2.31. The molecule has 1 unspecified atom stereocenters. The lowest BCUT2D eigenvalue weighted by Gasteiger charge is -2.17. The standard InChI is InChI=1S/C14H18S3/c1-5-15-11(3)12(4)17-14-9-7-13(8-10-14)16-6-2/h5-12H,1-2H2,3-4H3/t11-,12?/m1/s1. The highest BCUT2D eigenvalue weighted by atomic mass is 32.2. The summed E-state index contributed by atoms with van der Waals surface area (Å²) < 4.78 is 0. The second-order valence-electron chi connectivity index (χ2n) is 3.59. The summed E-state index contributed by atoms with van der Waals surface area (Å²) in [6.45, 7) is 12.0. The van der Waals surface area contributed by atoms with Crippen LogP contribution in [0.3, 0.4) is 0 Å². The fraction of sp³-hybridized carbons (Fsp3) is 0.286. The van der Waals surface area contributed by atoms with Gasteiger partial charge in [0.25, 0.3) is 0 Å². The molecule has 92 valence electrons. The van der Waals surface area contributed by atoms with Crippen molar-refractivity contribution in [2.24, 2.45) is 0 Å². The van der Waals surface area contributed by atoms with Crippen molar-refractivity contribution in [1.29, 1.82) is 0 Å². The fourth-order valence-corrected chi connectivity index (χ4v) is 3.55. The van der Waals surface area contributed by atoms with Crippen LogP contribution in [0, 0.1) is 0 Å². The minimum atomic E-state index is 0.580. The van der Waals surface area contributed by atoms with E-state index in [-0.39, 0.29) is 0 Å². The number of thioether (sulfide) groups is 3. The first-order chi connectivity index (χ1) is 8.17. The Hall–Kier alpha value is -0.250. The molecule has 0 bridgehead atoms. The van der Waals surface area contributed by atoms with Crippen LogP contribution in [0.25, 0.3) is 0 Å². The molecule has 1 aromatic rings. The molecule has 0 aliphatic heterocycles. The average Bonchev–Trinajstić information content (AvgIpc) is 2.32. The Labute approximate surface area is 117 Å². The molecule has 0 nitrogen and oxygen atoms in total. The van der Waals surface area contributed by atoms with Gasteiger partial charge in [0.05, 0.1) is 0 Å². The molecule has 0 N–H and O–H groups in total. The molecule has 0 saturated carbocycles. The Morgan fingerprint density at radius 2 is 1.53 bits per heavy atom. The molecule has 2 atom stereocenters. The second kappa shape index (κ2) is 7.96. The highest BCUT2D eigenvalue weighted by Gasteiger charge is 2.12. The maximum absolute atomic E-state index is 3.76. The molecule has 0 spiro atoms. The quantitative estimate of drug-likeness (QED) is 0.592. The molecule has 0 heterocycles. The van der Waals surface area contributed by atoms with Gasteiger partial charge >= 0.3 is 0 Å². The predicted molar refractivity (Wildman–Crippen MR) is 85.1 cm³/mol. The number of hydrogen-bond donors (Lipinski definition) is 0. The first-order valence-electron chi connectivity index (χ1n) is 5.48. The van der Waals surface area contributed by atoms with Crippen LogP contribution < -0.4 is 0 Å². The number of rotatable bonds is 7. The minimum absolute atomic E-state index is 0.580. The van der Waals surface area contributed by atoms with Crippen LogP contribution in [0.5, 0.6) is 0 Å². The summed E-state index contributed by atoms with van der Waals surface area (Å²) in [4.78, 5) is 2.56. The van der Waals surface area contributed by atoms with Crippen molar-refractivity contribution in [3.8, 4) is 0 Å². The third kappa shape index (κ3) is 5.28. The van der Waals surface area contributed by atoms with Crippen LogP contribution in [0.4, 0.5) is 0 Å². The van der Waals surface area contributed by atoms with Gasteiger partial charge in [0.1, 0.15) is 0 Å². The predicted octanol–water partition coefficient (Wildman–Crippen LogP) is 5.67. The Morgan fingerprint density at radius 1 is 0.941 bits per heavy atom. The smallest absolute Gasteiger partial charge is 0.0186 e. The molecule has 3 heteroatoms. The van der Waals surface area contributed by atoms with Gasteiger partial charge in [-0.2, -0.15) is 0 Å². The summed E-state index contributed by atoms with van der Waals surface area (Å²) in [5.74, 6) is 0. The van der Waals surface area contributed by atoms with Crippen molar-refractivity contribution in [3.63, 3.8) is 0 Å². The Bertz CT molecular complexity index is 356. The molecule has 0 aliphatic carbocycles. The summed E-state index contributed by atoms with van der Waals surface area (Å²) in [7, 11) is 0. The lowest BCUT2D eigenvalue weighted by Crippen LogP contribution is -2.11. The maximum atomic E-state index is 3.76. The largest absolute Gasteiger partial charge is 0.130 e. The van der Waals surface area contributed by atoms with Gasteiger partial charge < -0.3 is 0 Å². The van der Waals surface area contributed by atoms with Crippen LogP contribution >= 0.6 is 35.3 Å². The molecule has 0 radical (unpaired) electrons. The lowest BCUT2D eigenvalue weighted by atomic mass is 10.3. The van der Waals surface area contributed by atoms with E-state index in [1.165, 1.54) is 9.79 Å². The fourth-order valence-electron chi connectivity index (χ4n) is 1.27. The van der Waals surface area contributed by atoms with Crippen LogP contribution in [0.2, 0.25) is 0 Å². The van der Waals surface area contributed by atoms with Gasteiger partial charge in [0.15, 0.2) is 0 Å². The zero-order valence-corrected chi connectivity index (χ0v) is 12.7. The zero-order chi connectivity index (χ0) is 12.7. The highest BCUT2D eigenvalue weighted by molar-refractivity contribution is 8.05. The van der Waals surface area contributed by atoms with E-state index in [9.17, 15) is 0 Å². The van der Waals surface area contributed by atoms with Gasteiger partial charge in [-0.25, -0.2) is 0 Å². The summed E-state index contributed by atoms with van der Waals surface area (Å²) in [5.41, 5.74) is 0. The first kappa shape index (κ1) is 14.8. The first-order valence-corrected chi connectivity index (χ1v) is 8.18. The second-order valence-corrected chi connectivity index (χ2v) is 7.43. The van der Waals surface area contributed by atoms with E-state index < -0.39 is 0 Å². The van der Waals surface area contributed by atoms with Gasteiger partial charge in [-0.1, -0.05) is 38.8 Å². The molecule has 1 aromatic carbocycles. The van der Waals surface area contributed by atoms with E-state index in [1.807, 2.05) is 22.6 Å². The molecule has 0 amide bonds. The van der Waals surface area contributed by atoms with Crippen molar-refractivity contribution < 1.29 is 0 Å². The normalized spacial score (nSPS) is 14.0. The monoisotopic (exact) mass is 282 g/mol. The van der Waals surface area contributed by atoms with Gasteiger partial charge in [0.2, 0.25) is 0 Å². The SMILES string of the molecule is C=CSc1ccc(SC(C)[C@@H](C)SC=C)cc1.